The lowest BCUT2D eigenvalue weighted by Crippen LogP contribution is -2.59. The fourth-order valence-corrected chi connectivity index (χ4v) is 3.69. The summed E-state index contributed by atoms with van der Waals surface area (Å²) in [5, 5.41) is 78.3. The van der Waals surface area contributed by atoms with Gasteiger partial charge in [0, 0.05) is 25.0 Å². The molecule has 0 heterocycles. The van der Waals surface area contributed by atoms with Crippen LogP contribution in [0, 0.1) is 0 Å². The molecule has 1 aliphatic rings. The molecule has 0 radical (unpaired) electrons. The number of aliphatic hydroxyl groups excluding tert-OH is 2. The van der Waals surface area contributed by atoms with Crippen molar-refractivity contribution >= 4 is 24.1 Å². The highest BCUT2D eigenvalue weighted by Gasteiger charge is 2.51. The summed E-state index contributed by atoms with van der Waals surface area (Å²) in [6.07, 6.45) is -3.73. The molecular formula is C25H26O12. The molecule has 3 rings (SSSR count). The monoisotopic (exact) mass is 518 g/mol. The van der Waals surface area contributed by atoms with Crippen molar-refractivity contribution in [3.63, 3.8) is 0 Å². The van der Waals surface area contributed by atoms with Gasteiger partial charge in [-0.1, -0.05) is 12.1 Å². The molecule has 198 valence electrons. The zero-order chi connectivity index (χ0) is 27.3. The van der Waals surface area contributed by atoms with E-state index in [1.54, 1.807) is 0 Å². The average molecular weight is 518 g/mol. The first-order valence-electron chi connectivity index (χ1n) is 11.0. The lowest BCUT2D eigenvalue weighted by Gasteiger charge is -2.43. The van der Waals surface area contributed by atoms with Gasteiger partial charge >= 0.3 is 11.9 Å². The van der Waals surface area contributed by atoms with Crippen molar-refractivity contribution in [1.82, 2.24) is 0 Å². The van der Waals surface area contributed by atoms with E-state index in [0.29, 0.717) is 11.1 Å². The molecule has 2 atom stereocenters. The molecule has 1 fully saturated rings. The van der Waals surface area contributed by atoms with E-state index in [4.69, 9.17) is 9.47 Å². The molecule has 0 unspecified atom stereocenters. The summed E-state index contributed by atoms with van der Waals surface area (Å²) < 4.78 is 10.3. The lowest BCUT2D eigenvalue weighted by atomic mass is 9.79. The van der Waals surface area contributed by atoms with E-state index >= 15 is 0 Å². The van der Waals surface area contributed by atoms with Crippen molar-refractivity contribution in [3.05, 3.63) is 59.7 Å². The fourth-order valence-electron chi connectivity index (χ4n) is 3.69. The normalized spacial score (nSPS) is 24.0. The highest BCUT2D eigenvalue weighted by Crippen LogP contribution is 2.35. The Bertz CT molecular complexity index is 1120. The summed E-state index contributed by atoms with van der Waals surface area (Å²) in [6.45, 7) is 0. The van der Waals surface area contributed by atoms with Crippen molar-refractivity contribution in [2.45, 2.75) is 43.0 Å². The predicted molar refractivity (Wildman–Crippen MR) is 126 cm³/mol. The van der Waals surface area contributed by atoms with Gasteiger partial charge in [-0.3, -0.25) is 0 Å². The Hall–Kier alpha value is -4.10. The van der Waals surface area contributed by atoms with Gasteiger partial charge in [-0.05, 0) is 47.5 Å². The maximum Gasteiger partial charge on any atom is 0.331 e. The molecule has 0 aromatic heterocycles. The second-order valence-corrected chi connectivity index (χ2v) is 8.49. The van der Waals surface area contributed by atoms with Gasteiger partial charge in [0.25, 0.3) is 0 Å². The smallest absolute Gasteiger partial charge is 0.331 e. The number of hydrogen-bond acceptors (Lipinski definition) is 12. The molecule has 12 heteroatoms. The highest BCUT2D eigenvalue weighted by atomic mass is 16.6. The van der Waals surface area contributed by atoms with Crippen molar-refractivity contribution in [3.8, 4) is 23.0 Å². The van der Waals surface area contributed by atoms with Gasteiger partial charge in [0.2, 0.25) is 0 Å². The molecular weight excluding hydrogens is 492 g/mol. The molecule has 2 aromatic carbocycles. The number of carbonyl (C=O) groups excluding carboxylic acids is 2. The first kappa shape index (κ1) is 27.5. The molecule has 37 heavy (non-hydrogen) atoms. The molecule has 1 saturated carbocycles. The number of hydrogen-bond donors (Lipinski definition) is 8. The van der Waals surface area contributed by atoms with E-state index < -0.39 is 66.5 Å². The van der Waals surface area contributed by atoms with Gasteiger partial charge in [-0.2, -0.15) is 0 Å². The Balaban J connectivity index is 1.70. The minimum atomic E-state index is -2.31. The summed E-state index contributed by atoms with van der Waals surface area (Å²) in [5.74, 6) is -3.54. The van der Waals surface area contributed by atoms with Gasteiger partial charge in [-0.25, -0.2) is 9.59 Å². The van der Waals surface area contributed by atoms with Crippen LogP contribution < -0.4 is 0 Å². The highest BCUT2D eigenvalue weighted by molar-refractivity contribution is 5.88. The quantitative estimate of drug-likeness (QED) is 0.107. The van der Waals surface area contributed by atoms with Crippen molar-refractivity contribution in [1.29, 1.82) is 0 Å². The number of ether oxygens (including phenoxy) is 2. The third-order valence-electron chi connectivity index (χ3n) is 5.71. The summed E-state index contributed by atoms with van der Waals surface area (Å²) >= 11 is 0. The van der Waals surface area contributed by atoms with E-state index in [9.17, 15) is 50.4 Å². The zero-order valence-electron chi connectivity index (χ0n) is 19.2. The molecule has 0 saturated heterocycles. The van der Waals surface area contributed by atoms with Crippen LogP contribution in [0.3, 0.4) is 0 Å². The number of phenols is 4. The van der Waals surface area contributed by atoms with Crippen LogP contribution in [-0.4, -0.2) is 83.0 Å². The maximum absolute atomic E-state index is 12.3. The van der Waals surface area contributed by atoms with Crippen molar-refractivity contribution in [2.75, 3.05) is 0 Å². The van der Waals surface area contributed by atoms with Gasteiger partial charge < -0.3 is 50.3 Å². The number of rotatable bonds is 7. The second-order valence-electron chi connectivity index (χ2n) is 8.49. The lowest BCUT2D eigenvalue weighted by molar-refractivity contribution is -0.246. The second kappa shape index (κ2) is 11.3. The minimum Gasteiger partial charge on any atom is -0.504 e. The Morgan fingerprint density at radius 2 is 1.19 bits per heavy atom. The van der Waals surface area contributed by atoms with E-state index in [1.807, 2.05) is 0 Å². The molecule has 0 aliphatic heterocycles. The Labute approximate surface area is 210 Å². The molecule has 1 aliphatic carbocycles. The van der Waals surface area contributed by atoms with E-state index in [2.05, 4.69) is 0 Å². The number of esters is 2. The fraction of sp³-hybridized carbons (Fsp3) is 0.280. The Kier molecular flexibility index (Phi) is 8.40. The van der Waals surface area contributed by atoms with Crippen LogP contribution in [0.1, 0.15) is 24.0 Å². The van der Waals surface area contributed by atoms with Crippen molar-refractivity contribution in [2.24, 2.45) is 0 Å². The SMILES string of the molecule is O=C(/C=C/c1ccc(O)c(O)c1)O[C@@H]1CC(O)(C(O)O)C[C@@H](OC(=O)/C=C/c2ccc(O)c(O)c2)C1O. The molecule has 12 nitrogen and oxygen atoms in total. The first-order chi connectivity index (χ1) is 17.4. The van der Waals surface area contributed by atoms with Gasteiger partial charge in [0.05, 0.1) is 0 Å². The number of aliphatic hydroxyl groups is 4. The van der Waals surface area contributed by atoms with Crippen LogP contribution in [-0.2, 0) is 19.1 Å². The number of benzene rings is 2. The van der Waals surface area contributed by atoms with E-state index in [-0.39, 0.29) is 11.5 Å². The third kappa shape index (κ3) is 6.98. The van der Waals surface area contributed by atoms with Crippen molar-refractivity contribution < 1.29 is 59.9 Å². The molecule has 0 bridgehead atoms. The topological polar surface area (TPSA) is 214 Å². The Morgan fingerprint density at radius 1 is 0.784 bits per heavy atom. The minimum absolute atomic E-state index is 0.333. The number of carbonyl (C=O) groups is 2. The number of phenolic OH excluding ortho intramolecular Hbond substituents is 4. The molecule has 0 amide bonds. The summed E-state index contributed by atoms with van der Waals surface area (Å²) in [4.78, 5) is 24.6. The molecule has 2 aromatic rings. The van der Waals surface area contributed by atoms with Crippen LogP contribution in [0.5, 0.6) is 23.0 Å². The standard InChI is InChI=1S/C25H26O12/c26-15-5-1-13(9-17(15)28)3-7-21(30)36-19-11-25(35,24(33)34)12-20(23(19)32)37-22(31)8-4-14-2-6-16(27)18(29)10-14/h1-10,19-20,23-24,26-29,32-35H,11-12H2/b7-3+,8-4+/t19-,20-,23?,25?/m1/s1. The van der Waals surface area contributed by atoms with Crippen LogP contribution >= 0.6 is 0 Å². The van der Waals surface area contributed by atoms with E-state index in [1.165, 1.54) is 48.6 Å². The Morgan fingerprint density at radius 3 is 1.54 bits per heavy atom. The molecule has 0 spiro atoms. The van der Waals surface area contributed by atoms with Crippen LogP contribution in [0.4, 0.5) is 0 Å². The maximum atomic E-state index is 12.3. The summed E-state index contributed by atoms with van der Waals surface area (Å²) in [5.41, 5.74) is -1.62. The van der Waals surface area contributed by atoms with E-state index in [0.717, 1.165) is 12.2 Å². The third-order valence-corrected chi connectivity index (χ3v) is 5.71. The van der Waals surface area contributed by atoms with Crippen LogP contribution in [0.2, 0.25) is 0 Å². The first-order valence-corrected chi connectivity index (χ1v) is 11.0. The largest absolute Gasteiger partial charge is 0.504 e. The van der Waals surface area contributed by atoms with Crippen LogP contribution in [0.15, 0.2) is 48.6 Å². The zero-order valence-corrected chi connectivity index (χ0v) is 19.2. The van der Waals surface area contributed by atoms with Gasteiger partial charge in [-0.15, -0.1) is 0 Å². The number of aromatic hydroxyl groups is 4. The predicted octanol–water partition coefficient (Wildman–Crippen LogP) is 0.256. The summed E-state index contributed by atoms with van der Waals surface area (Å²) in [6, 6.07) is 7.56. The summed E-state index contributed by atoms with van der Waals surface area (Å²) in [7, 11) is 0. The van der Waals surface area contributed by atoms with Gasteiger partial charge in [0.1, 0.15) is 23.9 Å². The van der Waals surface area contributed by atoms with Crippen LogP contribution in [0.25, 0.3) is 12.2 Å². The average Bonchev–Trinajstić information content (AvgIpc) is 2.83. The molecule has 8 N–H and O–H groups in total. The van der Waals surface area contributed by atoms with Gasteiger partial charge in [0.15, 0.2) is 29.3 Å².